The number of benzene rings is 4. The second-order valence-electron chi connectivity index (χ2n) is 7.94. The fraction of sp³-hybridized carbons (Fsp3) is 0.138. The minimum Gasteiger partial charge on any atom is -0.497 e. The van der Waals surface area contributed by atoms with Gasteiger partial charge in [-0.3, -0.25) is 0 Å². The smallest absolute Gasteiger partial charge is 0.344 e. The van der Waals surface area contributed by atoms with Gasteiger partial charge in [0.2, 0.25) is 0 Å². The highest BCUT2D eigenvalue weighted by molar-refractivity contribution is 6.30. The molecule has 1 N–H and O–H groups in total. The highest BCUT2D eigenvalue weighted by Gasteiger charge is 2.19. The number of hydrogen-bond acceptors (Lipinski definition) is 3. The quantitative estimate of drug-likeness (QED) is 0.281. The molecule has 4 nitrogen and oxygen atoms in total. The number of carboxylic acids is 1. The number of ether oxygens (including phenoxy) is 2. The molecule has 172 valence electrons. The van der Waals surface area contributed by atoms with Gasteiger partial charge in [-0.05, 0) is 77.1 Å². The molecule has 0 radical (unpaired) electrons. The van der Waals surface area contributed by atoms with Gasteiger partial charge in [-0.2, -0.15) is 0 Å². The molecular formula is C29H25ClO4. The summed E-state index contributed by atoms with van der Waals surface area (Å²) in [5.41, 5.74) is 5.29. The highest BCUT2D eigenvalue weighted by atomic mass is 35.5. The molecule has 0 bridgehead atoms. The van der Waals surface area contributed by atoms with E-state index in [2.05, 4.69) is 0 Å². The van der Waals surface area contributed by atoms with Gasteiger partial charge in [0.15, 0.2) is 6.10 Å². The largest absolute Gasteiger partial charge is 0.497 e. The first-order valence-electron chi connectivity index (χ1n) is 11.0. The third kappa shape index (κ3) is 5.97. The highest BCUT2D eigenvalue weighted by Crippen LogP contribution is 2.26. The first-order valence-corrected chi connectivity index (χ1v) is 11.4. The average molecular weight is 473 g/mol. The first-order chi connectivity index (χ1) is 16.5. The summed E-state index contributed by atoms with van der Waals surface area (Å²) < 4.78 is 11.0. The molecule has 0 aromatic heterocycles. The van der Waals surface area contributed by atoms with Crippen molar-refractivity contribution in [3.63, 3.8) is 0 Å². The number of aryl methyl sites for hydroxylation is 1. The molecule has 0 aliphatic rings. The fourth-order valence-electron chi connectivity index (χ4n) is 3.71. The second-order valence-corrected chi connectivity index (χ2v) is 8.38. The summed E-state index contributed by atoms with van der Waals surface area (Å²) in [7, 11) is 1.64. The Morgan fingerprint density at radius 3 is 1.65 bits per heavy atom. The molecule has 1 unspecified atom stereocenters. The number of aliphatic carboxylic acids is 1. The Hall–Kier alpha value is -3.76. The number of hydrogen-bond donors (Lipinski definition) is 1. The van der Waals surface area contributed by atoms with Crippen LogP contribution in [0, 0.1) is 0 Å². The molecule has 0 spiro atoms. The number of methoxy groups -OCH3 is 1. The molecule has 0 saturated heterocycles. The summed E-state index contributed by atoms with van der Waals surface area (Å²) >= 11 is 5.96. The molecule has 4 rings (SSSR count). The van der Waals surface area contributed by atoms with E-state index < -0.39 is 12.1 Å². The Labute approximate surface area is 204 Å². The van der Waals surface area contributed by atoms with Gasteiger partial charge < -0.3 is 14.6 Å². The van der Waals surface area contributed by atoms with Gasteiger partial charge in [0.25, 0.3) is 0 Å². The average Bonchev–Trinajstić information content (AvgIpc) is 2.87. The maximum absolute atomic E-state index is 11.8. The zero-order chi connectivity index (χ0) is 23.9. The van der Waals surface area contributed by atoms with Crippen LogP contribution in [-0.4, -0.2) is 24.3 Å². The summed E-state index contributed by atoms with van der Waals surface area (Å²) in [5, 5.41) is 10.4. The molecule has 0 amide bonds. The molecule has 4 aromatic rings. The van der Waals surface area contributed by atoms with Crippen molar-refractivity contribution in [3.05, 3.63) is 108 Å². The lowest BCUT2D eigenvalue weighted by Gasteiger charge is -2.16. The predicted molar refractivity (Wildman–Crippen MR) is 136 cm³/mol. The van der Waals surface area contributed by atoms with E-state index in [1.54, 1.807) is 19.2 Å². The van der Waals surface area contributed by atoms with Gasteiger partial charge in [-0.1, -0.05) is 72.3 Å². The Balaban J connectivity index is 1.37. The molecule has 4 aromatic carbocycles. The van der Waals surface area contributed by atoms with Crippen LogP contribution in [0.4, 0.5) is 0 Å². The normalized spacial score (nSPS) is 11.6. The Morgan fingerprint density at radius 2 is 1.18 bits per heavy atom. The SMILES string of the molecule is COc1ccc(-c2ccc(OC(CCc3ccc(-c4ccc(Cl)cc4)cc3)C(=O)O)cc2)cc1. The van der Waals surface area contributed by atoms with E-state index >= 15 is 0 Å². The van der Waals surface area contributed by atoms with Crippen LogP contribution in [0.5, 0.6) is 11.5 Å². The summed E-state index contributed by atoms with van der Waals surface area (Å²) in [4.78, 5) is 11.8. The van der Waals surface area contributed by atoms with Gasteiger partial charge in [-0.25, -0.2) is 4.79 Å². The summed E-state index contributed by atoms with van der Waals surface area (Å²) in [5.74, 6) is 0.354. The van der Waals surface area contributed by atoms with E-state index in [9.17, 15) is 9.90 Å². The third-order valence-corrected chi connectivity index (χ3v) is 5.91. The first kappa shape index (κ1) is 23.4. The van der Waals surface area contributed by atoms with Crippen LogP contribution in [0.3, 0.4) is 0 Å². The van der Waals surface area contributed by atoms with E-state index in [0.717, 1.165) is 33.6 Å². The monoisotopic (exact) mass is 472 g/mol. The number of halogens is 1. The van der Waals surface area contributed by atoms with Crippen LogP contribution in [-0.2, 0) is 11.2 Å². The van der Waals surface area contributed by atoms with Crippen molar-refractivity contribution >= 4 is 17.6 Å². The fourth-order valence-corrected chi connectivity index (χ4v) is 3.84. The van der Waals surface area contributed by atoms with Crippen LogP contribution in [0.1, 0.15) is 12.0 Å². The van der Waals surface area contributed by atoms with Gasteiger partial charge >= 0.3 is 5.97 Å². The summed E-state index contributed by atoms with van der Waals surface area (Å²) in [6.45, 7) is 0. The summed E-state index contributed by atoms with van der Waals surface area (Å²) in [6.07, 6.45) is 0.0419. The number of carboxylic acid groups (broad SMARTS) is 1. The molecule has 0 saturated carbocycles. The minimum absolute atomic E-state index is 0.371. The standard InChI is InChI=1S/C29H25ClO4/c1-33-26-15-9-23(10-16-26)24-11-17-27(18-12-24)34-28(29(31)32)19-4-20-2-5-21(6-3-20)22-7-13-25(30)14-8-22/h2-3,5-18,28H,4,19H2,1H3,(H,31,32). The lowest BCUT2D eigenvalue weighted by Crippen LogP contribution is -2.27. The summed E-state index contributed by atoms with van der Waals surface area (Å²) in [6, 6.07) is 31.0. The van der Waals surface area contributed by atoms with E-state index in [4.69, 9.17) is 21.1 Å². The van der Waals surface area contributed by atoms with Crippen LogP contribution in [0.15, 0.2) is 97.1 Å². The van der Waals surface area contributed by atoms with Crippen molar-refractivity contribution in [2.24, 2.45) is 0 Å². The second kappa shape index (κ2) is 10.9. The molecule has 0 heterocycles. The lowest BCUT2D eigenvalue weighted by atomic mass is 10.0. The molecule has 1 atom stereocenters. The minimum atomic E-state index is -0.975. The predicted octanol–water partition coefficient (Wildman–Crippen LogP) is 7.15. The maximum atomic E-state index is 11.8. The third-order valence-electron chi connectivity index (χ3n) is 5.66. The van der Waals surface area contributed by atoms with Crippen molar-refractivity contribution in [1.82, 2.24) is 0 Å². The molecule has 0 aliphatic carbocycles. The van der Waals surface area contributed by atoms with Crippen molar-refractivity contribution in [2.75, 3.05) is 7.11 Å². The maximum Gasteiger partial charge on any atom is 0.344 e. The van der Waals surface area contributed by atoms with Crippen molar-refractivity contribution < 1.29 is 19.4 Å². The van der Waals surface area contributed by atoms with Crippen LogP contribution in [0.2, 0.25) is 5.02 Å². The van der Waals surface area contributed by atoms with Crippen LogP contribution < -0.4 is 9.47 Å². The number of carbonyl (C=O) groups is 1. The van der Waals surface area contributed by atoms with E-state index in [1.807, 2.05) is 84.9 Å². The Bertz CT molecular complexity index is 1220. The van der Waals surface area contributed by atoms with Crippen LogP contribution >= 0.6 is 11.6 Å². The molecule has 5 heteroatoms. The molecule has 0 aliphatic heterocycles. The lowest BCUT2D eigenvalue weighted by molar-refractivity contribution is -0.145. The Kier molecular flexibility index (Phi) is 7.51. The molecular weight excluding hydrogens is 448 g/mol. The van der Waals surface area contributed by atoms with Gasteiger partial charge in [-0.15, -0.1) is 0 Å². The van der Waals surface area contributed by atoms with Gasteiger partial charge in [0.1, 0.15) is 11.5 Å². The van der Waals surface area contributed by atoms with E-state index in [-0.39, 0.29) is 0 Å². The van der Waals surface area contributed by atoms with Gasteiger partial charge in [0, 0.05) is 5.02 Å². The topological polar surface area (TPSA) is 55.8 Å². The van der Waals surface area contributed by atoms with Crippen molar-refractivity contribution in [2.45, 2.75) is 18.9 Å². The van der Waals surface area contributed by atoms with Crippen molar-refractivity contribution in [1.29, 1.82) is 0 Å². The molecule has 0 fully saturated rings. The Morgan fingerprint density at radius 1 is 0.735 bits per heavy atom. The number of rotatable bonds is 9. The van der Waals surface area contributed by atoms with Crippen LogP contribution in [0.25, 0.3) is 22.3 Å². The van der Waals surface area contributed by atoms with Crippen molar-refractivity contribution in [3.8, 4) is 33.8 Å². The zero-order valence-electron chi connectivity index (χ0n) is 18.8. The van der Waals surface area contributed by atoms with E-state index in [0.29, 0.717) is 23.6 Å². The zero-order valence-corrected chi connectivity index (χ0v) is 19.5. The van der Waals surface area contributed by atoms with Gasteiger partial charge in [0.05, 0.1) is 7.11 Å². The molecule has 34 heavy (non-hydrogen) atoms. The van der Waals surface area contributed by atoms with E-state index in [1.165, 1.54) is 0 Å².